The number of aromatic nitrogens is 1. The van der Waals surface area contributed by atoms with Gasteiger partial charge in [-0.2, -0.15) is 0 Å². The molecule has 5 atom stereocenters. The number of nitrogens with zero attached hydrogens (tertiary/aromatic N) is 1. The van der Waals surface area contributed by atoms with Gasteiger partial charge in [-0.05, 0) is 38.5 Å². The first kappa shape index (κ1) is 11.9. The summed E-state index contributed by atoms with van der Waals surface area (Å²) in [6.07, 6.45) is 6.57. The second-order valence-electron chi connectivity index (χ2n) is 6.55. The summed E-state index contributed by atoms with van der Waals surface area (Å²) in [6, 6.07) is 0. The molecule has 1 aromatic heterocycles. The van der Waals surface area contributed by atoms with Crippen LogP contribution in [0.15, 0.2) is 10.7 Å². The lowest BCUT2D eigenvalue weighted by molar-refractivity contribution is -0.140. The molecule has 1 aromatic rings. The summed E-state index contributed by atoms with van der Waals surface area (Å²) in [6.45, 7) is 5.44. The molecule has 0 aromatic carbocycles. The van der Waals surface area contributed by atoms with Gasteiger partial charge in [0.1, 0.15) is 5.76 Å². The van der Waals surface area contributed by atoms with Gasteiger partial charge in [0, 0.05) is 11.5 Å². The van der Waals surface area contributed by atoms with Gasteiger partial charge in [0.05, 0.1) is 24.3 Å². The van der Waals surface area contributed by atoms with E-state index in [1.54, 1.807) is 0 Å². The van der Waals surface area contributed by atoms with Crippen molar-refractivity contribution in [2.24, 2.45) is 11.8 Å². The zero-order chi connectivity index (χ0) is 13.0. The SMILES string of the molecule is C[C@@H]1CCc2cnoc2[C@@]1(C)[C@@H]1C[C@@H]2CCO[C@@H]2O1. The van der Waals surface area contributed by atoms with Crippen LogP contribution in [0, 0.1) is 11.8 Å². The molecule has 0 bridgehead atoms. The predicted octanol–water partition coefficient (Wildman–Crippen LogP) is 2.67. The van der Waals surface area contributed by atoms with E-state index in [4.69, 9.17) is 14.0 Å². The summed E-state index contributed by atoms with van der Waals surface area (Å²) in [5, 5.41) is 4.02. The molecule has 4 rings (SSSR count). The first-order chi connectivity index (χ1) is 9.19. The van der Waals surface area contributed by atoms with Crippen molar-refractivity contribution >= 4 is 0 Å². The van der Waals surface area contributed by atoms with E-state index in [-0.39, 0.29) is 17.8 Å². The lowest BCUT2D eigenvalue weighted by atomic mass is 9.64. The van der Waals surface area contributed by atoms with Crippen LogP contribution >= 0.6 is 0 Å². The van der Waals surface area contributed by atoms with Crippen LogP contribution in [0.2, 0.25) is 0 Å². The van der Waals surface area contributed by atoms with Crippen LogP contribution in [0.4, 0.5) is 0 Å². The van der Waals surface area contributed by atoms with E-state index in [0.717, 1.165) is 31.6 Å². The van der Waals surface area contributed by atoms with Crippen LogP contribution in [0.1, 0.15) is 44.4 Å². The van der Waals surface area contributed by atoms with Crippen molar-refractivity contribution in [1.82, 2.24) is 5.16 Å². The molecule has 0 amide bonds. The highest BCUT2D eigenvalue weighted by atomic mass is 16.7. The van der Waals surface area contributed by atoms with Gasteiger partial charge in [-0.1, -0.05) is 12.1 Å². The highest BCUT2D eigenvalue weighted by molar-refractivity contribution is 5.29. The molecule has 0 N–H and O–H groups in total. The van der Waals surface area contributed by atoms with Crippen LogP contribution in [0.3, 0.4) is 0 Å². The largest absolute Gasteiger partial charge is 0.360 e. The van der Waals surface area contributed by atoms with Gasteiger partial charge in [0.15, 0.2) is 6.29 Å². The minimum atomic E-state index is -0.0578. The molecule has 3 aliphatic rings. The van der Waals surface area contributed by atoms with Crippen LogP contribution in [-0.4, -0.2) is 24.2 Å². The molecular weight excluding hydrogens is 242 g/mol. The molecule has 3 heterocycles. The first-order valence-electron chi connectivity index (χ1n) is 7.40. The zero-order valence-electron chi connectivity index (χ0n) is 11.6. The summed E-state index contributed by atoms with van der Waals surface area (Å²) in [4.78, 5) is 0. The molecule has 19 heavy (non-hydrogen) atoms. The molecule has 1 aliphatic carbocycles. The third-order valence-electron chi connectivity index (χ3n) is 5.64. The van der Waals surface area contributed by atoms with E-state index in [9.17, 15) is 0 Å². The Balaban J connectivity index is 1.69. The van der Waals surface area contributed by atoms with E-state index in [2.05, 4.69) is 19.0 Å². The number of aryl methyl sites for hydroxylation is 1. The lowest BCUT2D eigenvalue weighted by Crippen LogP contribution is -2.45. The summed E-state index contributed by atoms with van der Waals surface area (Å²) in [5.74, 6) is 2.18. The molecule has 0 unspecified atom stereocenters. The summed E-state index contributed by atoms with van der Waals surface area (Å²) < 4.78 is 17.5. The van der Waals surface area contributed by atoms with Gasteiger partial charge in [-0.15, -0.1) is 0 Å². The average Bonchev–Trinajstić information content (AvgIpc) is 3.07. The van der Waals surface area contributed by atoms with Crippen molar-refractivity contribution in [2.45, 2.75) is 57.3 Å². The molecule has 4 heteroatoms. The van der Waals surface area contributed by atoms with E-state index in [0.29, 0.717) is 11.8 Å². The van der Waals surface area contributed by atoms with Crippen molar-refractivity contribution in [3.05, 3.63) is 17.5 Å². The maximum absolute atomic E-state index is 6.21. The quantitative estimate of drug-likeness (QED) is 0.781. The summed E-state index contributed by atoms with van der Waals surface area (Å²) in [5.41, 5.74) is 1.21. The average molecular weight is 263 g/mol. The molecule has 0 spiro atoms. The Kier molecular flexibility index (Phi) is 2.55. The van der Waals surface area contributed by atoms with Crippen molar-refractivity contribution in [3.63, 3.8) is 0 Å². The van der Waals surface area contributed by atoms with Crippen LogP contribution in [-0.2, 0) is 21.3 Å². The number of hydrogen-bond donors (Lipinski definition) is 0. The normalized spacial score (nSPS) is 45.2. The molecular formula is C15H21NO3. The number of ether oxygens (including phenoxy) is 2. The molecule has 2 aliphatic heterocycles. The Bertz CT molecular complexity index is 473. The van der Waals surface area contributed by atoms with Crippen molar-refractivity contribution in [2.75, 3.05) is 6.61 Å². The third-order valence-corrected chi connectivity index (χ3v) is 5.64. The lowest BCUT2D eigenvalue weighted by Gasteiger charge is -2.41. The second-order valence-corrected chi connectivity index (χ2v) is 6.55. The molecule has 0 radical (unpaired) electrons. The van der Waals surface area contributed by atoms with E-state index in [1.165, 1.54) is 12.0 Å². The molecule has 4 nitrogen and oxygen atoms in total. The number of rotatable bonds is 1. The Morgan fingerprint density at radius 1 is 1.37 bits per heavy atom. The minimum Gasteiger partial charge on any atom is -0.360 e. The van der Waals surface area contributed by atoms with Crippen LogP contribution in [0.25, 0.3) is 0 Å². The molecule has 0 saturated carbocycles. The Hall–Kier alpha value is -0.870. The Labute approximate surface area is 113 Å². The van der Waals surface area contributed by atoms with Gasteiger partial charge >= 0.3 is 0 Å². The van der Waals surface area contributed by atoms with Gasteiger partial charge in [-0.25, -0.2) is 0 Å². The number of fused-ring (bicyclic) bond motifs is 2. The first-order valence-corrected chi connectivity index (χ1v) is 7.40. The Morgan fingerprint density at radius 2 is 2.26 bits per heavy atom. The van der Waals surface area contributed by atoms with E-state index in [1.807, 2.05) is 6.20 Å². The van der Waals surface area contributed by atoms with E-state index >= 15 is 0 Å². The fourth-order valence-corrected chi connectivity index (χ4v) is 4.11. The molecule has 104 valence electrons. The standard InChI is InChI=1S/C15H21NO3/c1-9-3-4-11-8-16-19-13(11)15(9,2)12-7-10-5-6-17-14(10)18-12/h8-10,12,14H,3-7H2,1-2H3/t9-,10+,12+,14-,15-/m1/s1. The van der Waals surface area contributed by atoms with Gasteiger partial charge in [-0.3, -0.25) is 0 Å². The summed E-state index contributed by atoms with van der Waals surface area (Å²) >= 11 is 0. The maximum atomic E-state index is 6.21. The van der Waals surface area contributed by atoms with Gasteiger partial charge < -0.3 is 14.0 Å². The molecule has 2 saturated heterocycles. The smallest absolute Gasteiger partial charge is 0.160 e. The maximum Gasteiger partial charge on any atom is 0.160 e. The fraction of sp³-hybridized carbons (Fsp3) is 0.800. The number of hydrogen-bond acceptors (Lipinski definition) is 4. The fourth-order valence-electron chi connectivity index (χ4n) is 4.11. The Morgan fingerprint density at radius 3 is 3.11 bits per heavy atom. The second kappa shape index (κ2) is 4.06. The van der Waals surface area contributed by atoms with Crippen molar-refractivity contribution in [1.29, 1.82) is 0 Å². The van der Waals surface area contributed by atoms with Crippen LogP contribution in [0.5, 0.6) is 0 Å². The monoisotopic (exact) mass is 263 g/mol. The molecule has 2 fully saturated rings. The topological polar surface area (TPSA) is 44.5 Å². The highest BCUT2D eigenvalue weighted by Crippen LogP contribution is 2.50. The van der Waals surface area contributed by atoms with Gasteiger partial charge in [0.2, 0.25) is 0 Å². The predicted molar refractivity (Wildman–Crippen MR) is 68.7 cm³/mol. The third kappa shape index (κ3) is 1.56. The highest BCUT2D eigenvalue weighted by Gasteiger charge is 2.54. The zero-order valence-corrected chi connectivity index (χ0v) is 11.6. The summed E-state index contributed by atoms with van der Waals surface area (Å²) in [7, 11) is 0. The van der Waals surface area contributed by atoms with Crippen LogP contribution < -0.4 is 0 Å². The minimum absolute atomic E-state index is 0.0160. The van der Waals surface area contributed by atoms with Gasteiger partial charge in [0.25, 0.3) is 0 Å². The van der Waals surface area contributed by atoms with E-state index < -0.39 is 0 Å². The van der Waals surface area contributed by atoms with Crippen molar-refractivity contribution < 1.29 is 14.0 Å². The van der Waals surface area contributed by atoms with Crippen molar-refractivity contribution in [3.8, 4) is 0 Å².